The van der Waals surface area contributed by atoms with Gasteiger partial charge in [-0.3, -0.25) is 9.59 Å². The van der Waals surface area contributed by atoms with Gasteiger partial charge < -0.3 is 19.7 Å². The maximum Gasteiger partial charge on any atom is 0.193 e. The third-order valence-electron chi connectivity index (χ3n) is 9.03. The zero-order chi connectivity index (χ0) is 22.6. The number of aliphatic hydroxyl groups is 2. The Bertz CT molecular complexity index is 910. The highest BCUT2D eigenvalue weighted by molar-refractivity contribution is 6.01. The van der Waals surface area contributed by atoms with Crippen LogP contribution >= 0.6 is 0 Å². The summed E-state index contributed by atoms with van der Waals surface area (Å²) >= 11 is 0. The highest BCUT2D eigenvalue weighted by Crippen LogP contribution is 2.70. The minimum Gasteiger partial charge on any atom is -0.393 e. The van der Waals surface area contributed by atoms with Gasteiger partial charge in [-0.1, -0.05) is 19.9 Å². The van der Waals surface area contributed by atoms with E-state index in [0.29, 0.717) is 12.0 Å². The first kappa shape index (κ1) is 21.4. The van der Waals surface area contributed by atoms with E-state index in [2.05, 4.69) is 0 Å². The lowest BCUT2D eigenvalue weighted by Gasteiger charge is -2.60. The third kappa shape index (κ3) is 2.52. The van der Waals surface area contributed by atoms with Crippen LogP contribution in [0.25, 0.3) is 0 Å². The number of carbonyl (C=O) groups excluding carboxylic acids is 2. The predicted molar refractivity (Wildman–Crippen MR) is 109 cm³/mol. The van der Waals surface area contributed by atoms with Crippen LogP contribution in [0.2, 0.25) is 0 Å². The van der Waals surface area contributed by atoms with E-state index in [4.69, 9.17) is 9.47 Å². The molecule has 0 spiro atoms. The minimum atomic E-state index is -1.37. The zero-order valence-electron chi connectivity index (χ0n) is 18.4. The molecule has 170 valence electrons. The van der Waals surface area contributed by atoms with Crippen molar-refractivity contribution in [2.24, 2.45) is 28.6 Å². The Morgan fingerprint density at radius 2 is 1.97 bits per heavy atom. The number of rotatable bonds is 2. The minimum absolute atomic E-state index is 0.125. The summed E-state index contributed by atoms with van der Waals surface area (Å²) in [5.41, 5.74) is -2.50. The van der Waals surface area contributed by atoms with Crippen molar-refractivity contribution in [1.29, 1.82) is 0 Å². The fourth-order valence-electron chi connectivity index (χ4n) is 8.05. The van der Waals surface area contributed by atoms with Crippen molar-refractivity contribution in [1.82, 2.24) is 0 Å². The summed E-state index contributed by atoms with van der Waals surface area (Å²) in [7, 11) is 0. The van der Waals surface area contributed by atoms with Gasteiger partial charge in [-0.15, -0.1) is 0 Å². The lowest BCUT2D eigenvalue weighted by molar-refractivity contribution is -0.226. The first-order valence-electron chi connectivity index (χ1n) is 11.2. The van der Waals surface area contributed by atoms with Gasteiger partial charge in [-0.2, -0.15) is 0 Å². The second-order valence-electron chi connectivity index (χ2n) is 11.0. The van der Waals surface area contributed by atoms with E-state index in [9.17, 15) is 19.8 Å². The summed E-state index contributed by atoms with van der Waals surface area (Å²) in [5, 5.41) is 21.3. The van der Waals surface area contributed by atoms with Crippen LogP contribution in [0.3, 0.4) is 0 Å². The van der Waals surface area contributed by atoms with Crippen LogP contribution < -0.4 is 0 Å². The number of hydrogen-bond donors (Lipinski definition) is 2. The van der Waals surface area contributed by atoms with Crippen molar-refractivity contribution in [3.05, 3.63) is 23.8 Å². The van der Waals surface area contributed by atoms with E-state index in [1.54, 1.807) is 19.9 Å². The average Bonchev–Trinajstić information content (AvgIpc) is 3.08. The lowest BCUT2D eigenvalue weighted by Crippen LogP contribution is -2.64. The molecule has 3 saturated carbocycles. The van der Waals surface area contributed by atoms with Crippen LogP contribution in [0.15, 0.2) is 23.8 Å². The number of ketones is 2. The summed E-state index contributed by atoms with van der Waals surface area (Å²) in [6, 6.07) is 0. The van der Waals surface area contributed by atoms with Crippen LogP contribution in [-0.4, -0.2) is 58.2 Å². The van der Waals surface area contributed by atoms with Crippen molar-refractivity contribution in [2.45, 2.75) is 76.7 Å². The Morgan fingerprint density at radius 1 is 1.26 bits per heavy atom. The molecule has 9 atom stereocenters. The Kier molecular flexibility index (Phi) is 4.38. The molecule has 1 saturated heterocycles. The number of ether oxygens (including phenoxy) is 2. The quantitative estimate of drug-likeness (QED) is 0.693. The highest BCUT2D eigenvalue weighted by atomic mass is 19.1. The zero-order valence-corrected chi connectivity index (χ0v) is 18.4. The summed E-state index contributed by atoms with van der Waals surface area (Å²) in [5.74, 6) is -2.28. The van der Waals surface area contributed by atoms with Crippen LogP contribution in [0, 0.1) is 28.6 Å². The molecule has 1 unspecified atom stereocenters. The fraction of sp³-hybridized carbons (Fsp3) is 0.750. The number of hydrogen-bond acceptors (Lipinski definition) is 6. The second-order valence-corrected chi connectivity index (χ2v) is 11.0. The molecule has 0 bridgehead atoms. The molecule has 4 fully saturated rings. The van der Waals surface area contributed by atoms with E-state index < -0.39 is 53.0 Å². The third-order valence-corrected chi connectivity index (χ3v) is 9.03. The predicted octanol–water partition coefficient (Wildman–Crippen LogP) is 2.27. The maximum atomic E-state index is 15.4. The topological polar surface area (TPSA) is 93.1 Å². The molecular formula is C24H31FO6. The molecular weight excluding hydrogens is 403 g/mol. The van der Waals surface area contributed by atoms with Gasteiger partial charge in [0.1, 0.15) is 12.8 Å². The number of fused-ring (bicyclic) bond motifs is 7. The van der Waals surface area contributed by atoms with E-state index >= 15 is 4.39 Å². The van der Waals surface area contributed by atoms with Gasteiger partial charge in [-0.25, -0.2) is 4.39 Å². The number of carbonyl (C=O) groups is 2. The number of alkyl halides is 1. The molecule has 4 aliphatic carbocycles. The fourth-order valence-corrected chi connectivity index (χ4v) is 8.05. The van der Waals surface area contributed by atoms with E-state index in [-0.39, 0.29) is 36.4 Å². The number of Topliss-reactive ketones (excluding diaryl/α,β-unsaturated/α-hetero) is 1. The highest BCUT2D eigenvalue weighted by Gasteiger charge is 2.77. The molecule has 1 heterocycles. The smallest absolute Gasteiger partial charge is 0.193 e. The second kappa shape index (κ2) is 6.34. The molecule has 7 heteroatoms. The van der Waals surface area contributed by atoms with E-state index in [1.165, 1.54) is 12.2 Å². The standard InChI is InChI=1S/C24H31FO6/c1-21(2)30-19-9-14-13-8-16(25)15-7-12(27)5-6-22(15,3)20(13)17(28)10-23(14,4)24(19,31-21)18(29)11-26/h5-7,13-14,16-17,19-20,26,28H,8-11H2,1-4H3/t13-,14-,16-,17-,19?,20+,22-,23-,24+/m0/s1. The van der Waals surface area contributed by atoms with Gasteiger partial charge in [0.15, 0.2) is 23.0 Å². The molecule has 31 heavy (non-hydrogen) atoms. The summed E-state index contributed by atoms with van der Waals surface area (Å²) < 4.78 is 27.9. The van der Waals surface area contributed by atoms with Crippen molar-refractivity contribution in [2.75, 3.05) is 6.61 Å². The van der Waals surface area contributed by atoms with E-state index in [0.717, 1.165) is 0 Å². The molecule has 0 aromatic heterocycles. The maximum absolute atomic E-state index is 15.4. The van der Waals surface area contributed by atoms with E-state index in [1.807, 2.05) is 13.8 Å². The van der Waals surface area contributed by atoms with Crippen LogP contribution in [0.5, 0.6) is 0 Å². The van der Waals surface area contributed by atoms with Crippen molar-refractivity contribution >= 4 is 11.6 Å². The molecule has 5 aliphatic rings. The Balaban J connectivity index is 1.62. The number of halogens is 1. The first-order valence-corrected chi connectivity index (χ1v) is 11.2. The summed E-state index contributed by atoms with van der Waals surface area (Å²) in [4.78, 5) is 25.1. The van der Waals surface area contributed by atoms with Crippen molar-refractivity contribution in [3.8, 4) is 0 Å². The van der Waals surface area contributed by atoms with Gasteiger partial charge in [0, 0.05) is 16.7 Å². The Hall–Kier alpha value is -1.41. The normalized spacial score (nSPS) is 52.1. The van der Waals surface area contributed by atoms with Gasteiger partial charge in [0.05, 0.1) is 12.2 Å². The summed E-state index contributed by atoms with van der Waals surface area (Å²) in [6.07, 6.45) is 2.90. The molecule has 0 aromatic carbocycles. The molecule has 6 nitrogen and oxygen atoms in total. The van der Waals surface area contributed by atoms with Crippen LogP contribution in [-0.2, 0) is 19.1 Å². The van der Waals surface area contributed by atoms with Gasteiger partial charge >= 0.3 is 0 Å². The monoisotopic (exact) mass is 434 g/mol. The van der Waals surface area contributed by atoms with Crippen LogP contribution in [0.4, 0.5) is 4.39 Å². The molecule has 5 rings (SSSR count). The van der Waals surface area contributed by atoms with Crippen LogP contribution in [0.1, 0.15) is 47.0 Å². The number of aliphatic hydroxyl groups excluding tert-OH is 2. The molecule has 0 aromatic rings. The molecule has 0 amide bonds. The SMILES string of the molecule is CC1(C)OC2C[C@H]3[C@@H]4C[C@H](F)C5=CC(=O)C=C[C@]5(C)[C@H]4[C@@H](O)C[C@]3(C)[C@]2(C(=O)CO)O1. The van der Waals surface area contributed by atoms with Gasteiger partial charge in [-0.05, 0) is 62.7 Å². The Morgan fingerprint density at radius 3 is 2.65 bits per heavy atom. The van der Waals surface area contributed by atoms with Gasteiger partial charge in [0.25, 0.3) is 0 Å². The first-order chi connectivity index (χ1) is 14.4. The van der Waals surface area contributed by atoms with Crippen molar-refractivity contribution in [3.63, 3.8) is 0 Å². The Labute approximate surface area is 181 Å². The largest absolute Gasteiger partial charge is 0.393 e. The van der Waals surface area contributed by atoms with Gasteiger partial charge in [0.2, 0.25) is 0 Å². The lowest BCUT2D eigenvalue weighted by atomic mass is 9.46. The molecule has 2 N–H and O–H groups in total. The molecule has 0 radical (unpaired) electrons. The number of allylic oxidation sites excluding steroid dienone is 4. The summed E-state index contributed by atoms with van der Waals surface area (Å²) in [6.45, 7) is 6.65. The molecule has 1 aliphatic heterocycles. The average molecular weight is 435 g/mol. The van der Waals surface area contributed by atoms with Crippen molar-refractivity contribution < 1.29 is 33.7 Å².